The van der Waals surface area contributed by atoms with Crippen LogP contribution in [0.15, 0.2) is 143 Å². The lowest BCUT2D eigenvalue weighted by Crippen LogP contribution is -2.08. The zero-order chi connectivity index (χ0) is 27.8. The first-order valence-corrected chi connectivity index (χ1v) is 14.0. The summed E-state index contributed by atoms with van der Waals surface area (Å²) in [4.78, 5) is 16.8. The first-order chi connectivity index (χ1) is 20.7. The van der Waals surface area contributed by atoms with Gasteiger partial charge in [-0.15, -0.1) is 0 Å². The van der Waals surface area contributed by atoms with Gasteiger partial charge in [0.05, 0.1) is 16.4 Å². The van der Waals surface area contributed by atoms with Crippen molar-refractivity contribution in [3.05, 3.63) is 144 Å². The number of nitrogens with zero attached hydrogens (tertiary/aromatic N) is 2. The number of para-hydroxylation sites is 1. The van der Waals surface area contributed by atoms with Crippen molar-refractivity contribution in [1.82, 2.24) is 9.38 Å². The molecule has 2 heterocycles. The molecule has 4 heteroatoms. The maximum Gasteiger partial charge on any atom is 0.310 e. The van der Waals surface area contributed by atoms with Gasteiger partial charge >= 0.3 is 5.84 Å². The van der Waals surface area contributed by atoms with Crippen molar-refractivity contribution in [1.29, 1.82) is 0 Å². The molecule has 2 aromatic heterocycles. The van der Waals surface area contributed by atoms with Crippen LogP contribution in [0, 0.1) is 0 Å². The highest BCUT2D eigenvalue weighted by Crippen LogP contribution is 2.38. The van der Waals surface area contributed by atoms with Gasteiger partial charge < -0.3 is 4.42 Å². The van der Waals surface area contributed by atoms with Crippen LogP contribution in [0.4, 0.5) is 0 Å². The summed E-state index contributed by atoms with van der Waals surface area (Å²) in [6.07, 6.45) is 0. The van der Waals surface area contributed by atoms with Crippen molar-refractivity contribution in [2.24, 2.45) is 0 Å². The van der Waals surface area contributed by atoms with Gasteiger partial charge in [0.2, 0.25) is 0 Å². The third-order valence-corrected chi connectivity index (χ3v) is 8.44. The molecule has 196 valence electrons. The molecule has 42 heavy (non-hydrogen) atoms. The number of hydrogen-bond donors (Lipinski definition) is 0. The van der Waals surface area contributed by atoms with Crippen molar-refractivity contribution in [3.8, 4) is 22.3 Å². The van der Waals surface area contributed by atoms with Gasteiger partial charge in [0.1, 0.15) is 0 Å². The zero-order valence-electron chi connectivity index (χ0n) is 22.4. The molecule has 9 rings (SSSR count). The zero-order valence-corrected chi connectivity index (χ0v) is 22.4. The summed E-state index contributed by atoms with van der Waals surface area (Å²) in [7, 11) is 0. The molecule has 9 aromatic rings. The van der Waals surface area contributed by atoms with Gasteiger partial charge in [-0.3, -0.25) is 9.20 Å². The number of aromatic nitrogens is 2. The van der Waals surface area contributed by atoms with Crippen LogP contribution < -0.4 is 5.56 Å². The summed E-state index contributed by atoms with van der Waals surface area (Å²) in [5, 5.41) is 8.19. The van der Waals surface area contributed by atoms with Gasteiger partial charge in [-0.05, 0) is 91.0 Å². The van der Waals surface area contributed by atoms with E-state index in [1.54, 1.807) is 6.07 Å². The van der Waals surface area contributed by atoms with E-state index in [1.165, 1.54) is 37.9 Å². The van der Waals surface area contributed by atoms with Crippen molar-refractivity contribution < 1.29 is 4.42 Å². The molecule has 0 amide bonds. The molecule has 4 nitrogen and oxygen atoms in total. The van der Waals surface area contributed by atoms with E-state index in [-0.39, 0.29) is 5.56 Å². The lowest BCUT2D eigenvalue weighted by molar-refractivity contribution is 0.636. The molecule has 0 aliphatic rings. The van der Waals surface area contributed by atoms with E-state index < -0.39 is 0 Å². The van der Waals surface area contributed by atoms with E-state index in [1.807, 2.05) is 28.7 Å². The molecule has 0 bridgehead atoms. The Morgan fingerprint density at radius 3 is 1.71 bits per heavy atom. The molecular weight excluding hydrogens is 516 g/mol. The molecular formula is C38H22N2O2. The molecule has 0 N–H and O–H groups in total. The number of hydrogen-bond acceptors (Lipinski definition) is 3. The highest BCUT2D eigenvalue weighted by atomic mass is 16.4. The standard InChI is InChI=1S/C38H22N2O2/c41-37-32-14-5-6-15-34(32)40-35-22-26(17-19-36(35)42-38(40)39-37)24-9-7-8-23(20-24)25-16-18-31-29-12-2-1-10-27(29)28-11-3-4-13-30(28)33(31)21-25/h1-22H. The minimum absolute atomic E-state index is 0.284. The van der Waals surface area contributed by atoms with Crippen LogP contribution in [0.1, 0.15) is 0 Å². The molecule has 0 fully saturated rings. The lowest BCUT2D eigenvalue weighted by atomic mass is 9.91. The third kappa shape index (κ3) is 3.29. The van der Waals surface area contributed by atoms with Crippen LogP contribution in [0.25, 0.3) is 82.4 Å². The SMILES string of the molecule is O=c1nc2oc3ccc(-c4cccc(-c5ccc6c7ccccc7c7ccccc7c6c5)c4)cc3n2c2ccccc12. The fourth-order valence-electron chi connectivity index (χ4n) is 6.47. The van der Waals surface area contributed by atoms with Crippen LogP contribution in [-0.4, -0.2) is 9.38 Å². The highest BCUT2D eigenvalue weighted by molar-refractivity contribution is 6.25. The largest absolute Gasteiger partial charge is 0.423 e. The van der Waals surface area contributed by atoms with E-state index in [0.29, 0.717) is 16.8 Å². The Hall–Kier alpha value is -5.74. The summed E-state index contributed by atoms with van der Waals surface area (Å²) in [5.74, 6) is 0.301. The Bertz CT molecular complexity index is 2570. The van der Waals surface area contributed by atoms with E-state index in [2.05, 4.69) is 108 Å². The van der Waals surface area contributed by atoms with Crippen LogP contribution in [0.2, 0.25) is 0 Å². The van der Waals surface area contributed by atoms with E-state index in [4.69, 9.17) is 4.42 Å². The Kier molecular flexibility index (Phi) is 4.73. The van der Waals surface area contributed by atoms with Crippen LogP contribution in [0.5, 0.6) is 0 Å². The molecule has 0 aliphatic heterocycles. The van der Waals surface area contributed by atoms with Gasteiger partial charge in [-0.25, -0.2) is 0 Å². The lowest BCUT2D eigenvalue weighted by Gasteiger charge is -2.12. The van der Waals surface area contributed by atoms with E-state index >= 15 is 0 Å². The Morgan fingerprint density at radius 2 is 1.00 bits per heavy atom. The summed E-state index contributed by atoms with van der Waals surface area (Å²) in [6, 6.07) is 46.4. The minimum atomic E-state index is -0.284. The molecule has 0 saturated heterocycles. The van der Waals surface area contributed by atoms with E-state index in [9.17, 15) is 4.79 Å². The number of oxazole rings is 1. The molecule has 0 spiro atoms. The molecule has 0 unspecified atom stereocenters. The quantitative estimate of drug-likeness (QED) is 0.206. The maximum atomic E-state index is 12.6. The number of benzene rings is 7. The molecule has 0 radical (unpaired) electrons. The molecule has 0 saturated carbocycles. The van der Waals surface area contributed by atoms with Crippen molar-refractivity contribution in [3.63, 3.8) is 0 Å². The van der Waals surface area contributed by atoms with Gasteiger partial charge in [0.25, 0.3) is 5.56 Å². The second kappa shape index (κ2) is 8.63. The second-order valence-electron chi connectivity index (χ2n) is 10.8. The Balaban J connectivity index is 1.23. The highest BCUT2D eigenvalue weighted by Gasteiger charge is 2.14. The average Bonchev–Trinajstić information content (AvgIpc) is 3.42. The minimum Gasteiger partial charge on any atom is -0.423 e. The monoisotopic (exact) mass is 538 g/mol. The van der Waals surface area contributed by atoms with Gasteiger partial charge in [0.15, 0.2) is 5.58 Å². The summed E-state index contributed by atoms with van der Waals surface area (Å²) in [6.45, 7) is 0. The molecule has 0 aliphatic carbocycles. The molecule has 0 atom stereocenters. The predicted molar refractivity (Wildman–Crippen MR) is 172 cm³/mol. The topological polar surface area (TPSA) is 47.5 Å². The van der Waals surface area contributed by atoms with Gasteiger partial charge in [-0.2, -0.15) is 4.98 Å². The summed E-state index contributed by atoms with van der Waals surface area (Å²) in [5.41, 5.74) is 6.55. The smallest absolute Gasteiger partial charge is 0.310 e. The van der Waals surface area contributed by atoms with E-state index in [0.717, 1.165) is 27.7 Å². The average molecular weight is 539 g/mol. The summed E-state index contributed by atoms with van der Waals surface area (Å²) < 4.78 is 7.91. The predicted octanol–water partition coefficient (Wildman–Crippen LogP) is 9.39. The first kappa shape index (κ1) is 23.0. The normalized spacial score (nSPS) is 11.9. The van der Waals surface area contributed by atoms with Crippen LogP contribution >= 0.6 is 0 Å². The van der Waals surface area contributed by atoms with Gasteiger partial charge in [0, 0.05) is 0 Å². The maximum absolute atomic E-state index is 12.6. The van der Waals surface area contributed by atoms with Crippen molar-refractivity contribution in [2.75, 3.05) is 0 Å². The number of fused-ring (bicyclic) bond motifs is 11. The fraction of sp³-hybridized carbons (Fsp3) is 0. The first-order valence-electron chi connectivity index (χ1n) is 14.0. The van der Waals surface area contributed by atoms with Gasteiger partial charge in [-0.1, -0.05) is 97.1 Å². The van der Waals surface area contributed by atoms with Crippen molar-refractivity contribution >= 4 is 60.2 Å². The fourth-order valence-corrected chi connectivity index (χ4v) is 6.47. The number of rotatable bonds is 2. The molecule has 7 aromatic carbocycles. The second-order valence-corrected chi connectivity index (χ2v) is 10.8. The third-order valence-electron chi connectivity index (χ3n) is 8.44. The van der Waals surface area contributed by atoms with Crippen LogP contribution in [-0.2, 0) is 0 Å². The van der Waals surface area contributed by atoms with Crippen LogP contribution in [0.3, 0.4) is 0 Å². The van der Waals surface area contributed by atoms with Crippen molar-refractivity contribution in [2.45, 2.75) is 0 Å². The Morgan fingerprint density at radius 1 is 0.452 bits per heavy atom. The summed E-state index contributed by atoms with van der Waals surface area (Å²) >= 11 is 0. The Labute approximate surface area is 239 Å².